The topological polar surface area (TPSA) is 70.7 Å². The Morgan fingerprint density at radius 2 is 1.73 bits per heavy atom. The van der Waals surface area contributed by atoms with E-state index in [0.29, 0.717) is 11.0 Å². The van der Waals surface area contributed by atoms with Gasteiger partial charge in [-0.1, -0.05) is 72.3 Å². The molecule has 41 heavy (non-hydrogen) atoms. The lowest BCUT2D eigenvalue weighted by Crippen LogP contribution is -2.29. The zero-order chi connectivity index (χ0) is 28.1. The zero-order valence-electron chi connectivity index (χ0n) is 22.6. The third-order valence-electron chi connectivity index (χ3n) is 7.10. The van der Waals surface area contributed by atoms with Gasteiger partial charge in [-0.2, -0.15) is 0 Å². The van der Waals surface area contributed by atoms with Crippen molar-refractivity contribution in [2.45, 2.75) is 38.8 Å². The highest BCUT2D eigenvalue weighted by atomic mass is 35.5. The molecule has 1 unspecified atom stereocenters. The number of thiophene rings is 1. The highest BCUT2D eigenvalue weighted by Crippen LogP contribution is 2.36. The normalized spacial score (nSPS) is 13.4. The van der Waals surface area contributed by atoms with Gasteiger partial charge >= 0.3 is 5.63 Å². The molecule has 0 saturated heterocycles. The van der Waals surface area contributed by atoms with Gasteiger partial charge in [0.05, 0.1) is 10.9 Å². The predicted molar refractivity (Wildman–Crippen MR) is 169 cm³/mol. The van der Waals surface area contributed by atoms with Crippen LogP contribution in [0.15, 0.2) is 99.5 Å². The first-order valence-electron chi connectivity index (χ1n) is 13.2. The number of hydrogen-bond donors (Lipinski definition) is 1. The maximum atomic E-state index is 12.4. The quantitative estimate of drug-likeness (QED) is 0.198. The largest absolute Gasteiger partial charge is 0.507 e. The minimum absolute atomic E-state index is 0. The van der Waals surface area contributed by atoms with E-state index in [0.717, 1.165) is 30.2 Å². The van der Waals surface area contributed by atoms with Crippen LogP contribution in [0, 0.1) is 0 Å². The molecule has 3 heterocycles. The Morgan fingerprint density at radius 3 is 2.49 bits per heavy atom. The number of para-hydroxylation sites is 1. The molecule has 0 fully saturated rings. The first kappa shape index (κ1) is 30.5. The second-order valence-corrected chi connectivity index (χ2v) is 11.3. The fraction of sp³-hybridized carbons (Fsp3) is 0.212. The Labute approximate surface area is 254 Å². The number of carbonyl (C=O) groups is 1. The summed E-state index contributed by atoms with van der Waals surface area (Å²) < 4.78 is 5.33. The minimum Gasteiger partial charge on any atom is -0.507 e. The van der Waals surface area contributed by atoms with Gasteiger partial charge in [0.2, 0.25) is 0 Å². The van der Waals surface area contributed by atoms with Gasteiger partial charge in [0.25, 0.3) is 0 Å². The molecule has 1 atom stereocenters. The molecular formula is C33H31Cl2NO4S. The number of aromatic hydroxyl groups is 1. The maximum Gasteiger partial charge on any atom is 0.343 e. The van der Waals surface area contributed by atoms with Crippen molar-refractivity contribution in [3.63, 3.8) is 0 Å². The van der Waals surface area contributed by atoms with E-state index in [2.05, 4.69) is 28.5 Å². The monoisotopic (exact) mass is 607 g/mol. The number of hydrogen-bond acceptors (Lipinski definition) is 6. The summed E-state index contributed by atoms with van der Waals surface area (Å²) in [5.74, 6) is -0.715. The summed E-state index contributed by atoms with van der Waals surface area (Å²) in [6.07, 6.45) is 1.30. The van der Waals surface area contributed by atoms with Crippen LogP contribution in [0.1, 0.15) is 46.4 Å². The summed E-state index contributed by atoms with van der Waals surface area (Å²) in [6, 6.07) is 26.4. The third kappa shape index (κ3) is 7.27. The van der Waals surface area contributed by atoms with Gasteiger partial charge in [0.1, 0.15) is 17.1 Å². The Bertz CT molecular complexity index is 1680. The molecule has 1 aliphatic rings. The molecule has 8 heteroatoms. The molecule has 0 radical (unpaired) electrons. The first-order chi connectivity index (χ1) is 19.4. The van der Waals surface area contributed by atoms with Gasteiger partial charge in [-0.05, 0) is 59.7 Å². The summed E-state index contributed by atoms with van der Waals surface area (Å²) >= 11 is 8.08. The summed E-state index contributed by atoms with van der Waals surface area (Å²) in [5, 5.41) is 14.1. The molecule has 1 N–H and O–H groups in total. The van der Waals surface area contributed by atoms with Crippen LogP contribution in [0.4, 0.5) is 0 Å². The van der Waals surface area contributed by atoms with E-state index < -0.39 is 11.5 Å². The fourth-order valence-electron chi connectivity index (χ4n) is 5.12. The smallest absolute Gasteiger partial charge is 0.343 e. The molecule has 1 aliphatic heterocycles. The predicted octanol–water partition coefficient (Wildman–Crippen LogP) is 7.99. The van der Waals surface area contributed by atoms with Gasteiger partial charge in [0, 0.05) is 41.9 Å². The van der Waals surface area contributed by atoms with Gasteiger partial charge < -0.3 is 9.52 Å². The van der Waals surface area contributed by atoms with Crippen LogP contribution in [0.5, 0.6) is 5.75 Å². The summed E-state index contributed by atoms with van der Waals surface area (Å²) in [6.45, 7) is 4.62. The van der Waals surface area contributed by atoms with Crippen molar-refractivity contribution in [3.8, 4) is 5.75 Å². The van der Waals surface area contributed by atoms with Crippen LogP contribution >= 0.6 is 35.3 Å². The van der Waals surface area contributed by atoms with Crippen LogP contribution in [-0.2, 0) is 24.3 Å². The third-order valence-corrected chi connectivity index (χ3v) is 8.49. The molecule has 5 aromatic rings. The van der Waals surface area contributed by atoms with E-state index in [1.165, 1.54) is 24.5 Å². The van der Waals surface area contributed by atoms with Crippen molar-refractivity contribution in [1.29, 1.82) is 0 Å². The van der Waals surface area contributed by atoms with E-state index in [1.807, 2.05) is 53.8 Å². The molecular weight excluding hydrogens is 577 g/mol. The fourth-order valence-corrected chi connectivity index (χ4v) is 6.21. The van der Waals surface area contributed by atoms with Crippen molar-refractivity contribution in [1.82, 2.24) is 4.90 Å². The van der Waals surface area contributed by atoms with E-state index in [-0.39, 0.29) is 35.9 Å². The lowest BCUT2D eigenvalue weighted by Gasteiger charge is -2.27. The standard InChI is InChI=1S/C19H16O4.C14H14ClNS.ClH/c1-12(20)11-15(13-7-3-2-4-8-13)17-18(21)14-9-5-6-10-16(14)23-19(17)22;15-13-4-2-1-3-11(13)9-16-7-5-14-12(10-16)6-8-17-14;/h2-10,15,21H,11H2,1H3;1-4,6,8H,5,7,9-10H2;1H. The average Bonchev–Trinajstić information content (AvgIpc) is 3.42. The highest BCUT2D eigenvalue weighted by molar-refractivity contribution is 7.10. The van der Waals surface area contributed by atoms with Crippen LogP contribution in [-0.4, -0.2) is 22.3 Å². The minimum atomic E-state index is -0.615. The van der Waals surface area contributed by atoms with Gasteiger partial charge in [0.15, 0.2) is 0 Å². The van der Waals surface area contributed by atoms with Crippen molar-refractivity contribution in [2.75, 3.05) is 6.54 Å². The molecule has 212 valence electrons. The van der Waals surface area contributed by atoms with E-state index >= 15 is 0 Å². The van der Waals surface area contributed by atoms with E-state index in [9.17, 15) is 14.7 Å². The second kappa shape index (κ2) is 14.0. The molecule has 0 spiro atoms. The SMILES string of the molecule is CC(=O)CC(c1ccccc1)c1c(O)c2ccccc2oc1=O.Cl.Clc1ccccc1CN1CCc2sccc2C1. The number of ketones is 1. The van der Waals surface area contributed by atoms with Crippen molar-refractivity contribution < 1.29 is 14.3 Å². The maximum absolute atomic E-state index is 12.4. The van der Waals surface area contributed by atoms with E-state index in [1.54, 1.807) is 29.1 Å². The number of nitrogens with zero attached hydrogens (tertiary/aromatic N) is 1. The summed E-state index contributed by atoms with van der Waals surface area (Å²) in [5.41, 5.74) is 3.36. The van der Waals surface area contributed by atoms with Crippen molar-refractivity contribution in [3.05, 3.63) is 133 Å². The lowest BCUT2D eigenvalue weighted by atomic mass is 9.87. The first-order valence-corrected chi connectivity index (χ1v) is 14.5. The number of benzene rings is 3. The molecule has 2 aromatic heterocycles. The number of halogens is 2. The van der Waals surface area contributed by atoms with Gasteiger partial charge in [-0.15, -0.1) is 23.7 Å². The van der Waals surface area contributed by atoms with Crippen LogP contribution < -0.4 is 5.63 Å². The highest BCUT2D eigenvalue weighted by Gasteiger charge is 2.25. The number of carbonyl (C=O) groups excluding carboxylic acids is 1. The Hall–Kier alpha value is -3.42. The number of rotatable bonds is 6. The molecule has 3 aromatic carbocycles. The molecule has 0 amide bonds. The van der Waals surface area contributed by atoms with Crippen LogP contribution in [0.3, 0.4) is 0 Å². The van der Waals surface area contributed by atoms with E-state index in [4.69, 9.17) is 16.0 Å². The van der Waals surface area contributed by atoms with Crippen molar-refractivity contribution in [2.24, 2.45) is 0 Å². The number of fused-ring (bicyclic) bond motifs is 2. The average molecular weight is 609 g/mol. The molecule has 0 aliphatic carbocycles. The van der Waals surface area contributed by atoms with Gasteiger partial charge in [-0.3, -0.25) is 9.69 Å². The molecule has 5 nitrogen and oxygen atoms in total. The lowest BCUT2D eigenvalue weighted by molar-refractivity contribution is -0.117. The van der Waals surface area contributed by atoms with Crippen molar-refractivity contribution >= 4 is 52.1 Å². The molecule has 0 bridgehead atoms. The Balaban J connectivity index is 0.000000192. The summed E-state index contributed by atoms with van der Waals surface area (Å²) in [7, 11) is 0. The van der Waals surface area contributed by atoms with Crippen LogP contribution in [0.25, 0.3) is 11.0 Å². The van der Waals surface area contributed by atoms with Crippen LogP contribution in [0.2, 0.25) is 5.02 Å². The Kier molecular flexibility index (Phi) is 10.4. The Morgan fingerprint density at radius 1 is 1.02 bits per heavy atom. The zero-order valence-corrected chi connectivity index (χ0v) is 25.0. The molecule has 0 saturated carbocycles. The summed E-state index contributed by atoms with van der Waals surface area (Å²) in [4.78, 5) is 28.1. The van der Waals surface area contributed by atoms with Gasteiger partial charge in [-0.25, -0.2) is 4.79 Å². The molecule has 6 rings (SSSR count). The number of Topliss-reactive ketones (excluding diaryl/α,β-unsaturated/α-hetero) is 1. The second-order valence-electron chi connectivity index (χ2n) is 9.94.